The van der Waals surface area contributed by atoms with E-state index in [1.54, 1.807) is 12.1 Å². The van der Waals surface area contributed by atoms with E-state index in [1.807, 2.05) is 0 Å². The molecular weight excluding hydrogens is 360 g/mol. The first-order valence-corrected chi connectivity index (χ1v) is 9.00. The predicted octanol–water partition coefficient (Wildman–Crippen LogP) is 2.28. The van der Waals surface area contributed by atoms with Gasteiger partial charge in [0, 0.05) is 6.07 Å². The van der Waals surface area contributed by atoms with Gasteiger partial charge >= 0.3 is 5.97 Å². The summed E-state index contributed by atoms with van der Waals surface area (Å²) in [6, 6.07) is 11.8. The molecule has 2 aromatic carbocycles. The maximum Gasteiger partial charge on any atom is 0.339 e. The third-order valence-corrected chi connectivity index (χ3v) is 4.85. The highest BCUT2D eigenvalue weighted by molar-refractivity contribution is 7.92. The van der Waals surface area contributed by atoms with Crippen molar-refractivity contribution in [1.82, 2.24) is 0 Å². The van der Waals surface area contributed by atoms with Crippen LogP contribution in [0.15, 0.2) is 47.4 Å². The van der Waals surface area contributed by atoms with Crippen LogP contribution in [-0.4, -0.2) is 27.3 Å². The number of rotatable bonds is 5. The van der Waals surface area contributed by atoms with Crippen LogP contribution in [0, 0.1) is 11.3 Å². The number of anilines is 1. The van der Waals surface area contributed by atoms with Crippen molar-refractivity contribution < 1.29 is 27.4 Å². The lowest BCUT2D eigenvalue weighted by Gasteiger charge is -2.10. The second-order valence-electron chi connectivity index (χ2n) is 5.38. The molecule has 0 fully saturated rings. The first-order valence-electron chi connectivity index (χ1n) is 7.52. The van der Waals surface area contributed by atoms with E-state index < -0.39 is 22.1 Å². The summed E-state index contributed by atoms with van der Waals surface area (Å²) in [6.07, 6.45) is -0.936. The lowest BCUT2D eigenvalue weighted by atomic mass is 10.2. The second kappa shape index (κ2) is 6.93. The van der Waals surface area contributed by atoms with E-state index in [0.29, 0.717) is 17.2 Å². The summed E-state index contributed by atoms with van der Waals surface area (Å²) in [5.74, 6) is 0.191. The van der Waals surface area contributed by atoms with E-state index in [1.165, 1.54) is 43.3 Å². The van der Waals surface area contributed by atoms with Crippen LogP contribution in [0.1, 0.15) is 17.3 Å². The minimum Gasteiger partial charge on any atom is -0.454 e. The fourth-order valence-electron chi connectivity index (χ4n) is 2.22. The number of esters is 1. The molecule has 0 aliphatic carbocycles. The Morgan fingerprint density at radius 2 is 2.00 bits per heavy atom. The van der Waals surface area contributed by atoms with Crippen LogP contribution in [0.4, 0.5) is 5.69 Å². The summed E-state index contributed by atoms with van der Waals surface area (Å²) in [7, 11) is -3.94. The van der Waals surface area contributed by atoms with E-state index in [2.05, 4.69) is 4.72 Å². The Kier molecular flexibility index (Phi) is 4.69. The van der Waals surface area contributed by atoms with E-state index >= 15 is 0 Å². The summed E-state index contributed by atoms with van der Waals surface area (Å²) in [5, 5.41) is 8.69. The molecule has 0 spiro atoms. The van der Waals surface area contributed by atoms with Gasteiger partial charge in [-0.25, -0.2) is 13.2 Å². The number of carbonyl (C=O) groups excluding carboxylic acids is 1. The smallest absolute Gasteiger partial charge is 0.339 e. The maximum absolute atomic E-state index is 12.6. The number of sulfonamides is 1. The van der Waals surface area contributed by atoms with Gasteiger partial charge in [0.25, 0.3) is 10.0 Å². The van der Waals surface area contributed by atoms with Crippen molar-refractivity contribution in [1.29, 1.82) is 5.26 Å². The molecule has 1 N–H and O–H groups in total. The zero-order chi connectivity index (χ0) is 18.7. The van der Waals surface area contributed by atoms with Gasteiger partial charge in [-0.15, -0.1) is 0 Å². The minimum atomic E-state index is -3.94. The zero-order valence-electron chi connectivity index (χ0n) is 13.6. The highest BCUT2D eigenvalue weighted by atomic mass is 32.2. The average Bonchev–Trinajstić information content (AvgIpc) is 3.09. The molecule has 1 aliphatic heterocycles. The number of hydrogen-bond donors (Lipinski definition) is 1. The third-order valence-electron chi connectivity index (χ3n) is 3.47. The standard InChI is InChI=1S/C17H14N2O6S/c1-11(9-18)25-17(20)12-3-2-4-14(7-12)26(21,22)19-13-5-6-15-16(8-13)24-10-23-15/h2-8,11,19H,10H2,1H3. The number of hydrogen-bond acceptors (Lipinski definition) is 7. The summed E-state index contributed by atoms with van der Waals surface area (Å²) in [5.41, 5.74) is 0.320. The average molecular weight is 374 g/mol. The Bertz CT molecular complexity index is 997. The Morgan fingerprint density at radius 1 is 1.23 bits per heavy atom. The molecule has 1 aliphatic rings. The molecule has 1 heterocycles. The Labute approximate surface area is 150 Å². The van der Waals surface area contributed by atoms with Crippen molar-refractivity contribution in [2.24, 2.45) is 0 Å². The monoisotopic (exact) mass is 374 g/mol. The van der Waals surface area contributed by atoms with Gasteiger partial charge in [0.2, 0.25) is 6.79 Å². The van der Waals surface area contributed by atoms with Crippen molar-refractivity contribution in [3.63, 3.8) is 0 Å². The van der Waals surface area contributed by atoms with Gasteiger partial charge in [-0.3, -0.25) is 4.72 Å². The molecule has 3 rings (SSSR count). The first kappa shape index (κ1) is 17.6. The molecule has 9 heteroatoms. The van der Waals surface area contributed by atoms with Gasteiger partial charge in [0.1, 0.15) is 6.07 Å². The molecule has 0 radical (unpaired) electrons. The van der Waals surface area contributed by atoms with Crippen LogP contribution in [-0.2, 0) is 14.8 Å². The lowest BCUT2D eigenvalue weighted by Crippen LogP contribution is -2.16. The number of fused-ring (bicyclic) bond motifs is 1. The van der Waals surface area contributed by atoms with Crippen LogP contribution >= 0.6 is 0 Å². The van der Waals surface area contributed by atoms with E-state index in [-0.39, 0.29) is 17.3 Å². The summed E-state index contributed by atoms with van der Waals surface area (Å²) in [4.78, 5) is 11.8. The highest BCUT2D eigenvalue weighted by Gasteiger charge is 2.20. The quantitative estimate of drug-likeness (QED) is 0.798. The lowest BCUT2D eigenvalue weighted by molar-refractivity contribution is 0.0435. The molecule has 1 unspecified atom stereocenters. The number of carbonyl (C=O) groups is 1. The third kappa shape index (κ3) is 3.70. The maximum atomic E-state index is 12.6. The summed E-state index contributed by atoms with van der Waals surface area (Å²) >= 11 is 0. The molecule has 0 bridgehead atoms. The van der Waals surface area contributed by atoms with Crippen LogP contribution in [0.25, 0.3) is 0 Å². The molecule has 0 aromatic heterocycles. The van der Waals surface area contributed by atoms with Crippen molar-refractivity contribution >= 4 is 21.7 Å². The van der Waals surface area contributed by atoms with Gasteiger partial charge < -0.3 is 14.2 Å². The minimum absolute atomic E-state index is 0.0284. The Hall–Kier alpha value is -3.25. The first-order chi connectivity index (χ1) is 12.4. The largest absolute Gasteiger partial charge is 0.454 e. The SMILES string of the molecule is CC(C#N)OC(=O)c1cccc(S(=O)(=O)Nc2ccc3c(c2)OCO3)c1. The molecule has 0 amide bonds. The summed E-state index contributed by atoms with van der Waals surface area (Å²) < 4.78 is 42.8. The van der Waals surface area contributed by atoms with Gasteiger partial charge in [0.05, 0.1) is 16.1 Å². The van der Waals surface area contributed by atoms with Crippen molar-refractivity contribution in [2.75, 3.05) is 11.5 Å². The summed E-state index contributed by atoms with van der Waals surface area (Å²) in [6.45, 7) is 1.50. The van der Waals surface area contributed by atoms with E-state index in [4.69, 9.17) is 19.5 Å². The van der Waals surface area contributed by atoms with E-state index in [0.717, 1.165) is 0 Å². The van der Waals surface area contributed by atoms with Crippen molar-refractivity contribution in [2.45, 2.75) is 17.9 Å². The van der Waals surface area contributed by atoms with Gasteiger partial charge in [-0.05, 0) is 37.3 Å². The molecule has 8 nitrogen and oxygen atoms in total. The Morgan fingerprint density at radius 3 is 2.77 bits per heavy atom. The van der Waals surface area contributed by atoms with Gasteiger partial charge in [-0.1, -0.05) is 6.07 Å². The van der Waals surface area contributed by atoms with Crippen LogP contribution in [0.3, 0.4) is 0 Å². The molecule has 134 valence electrons. The number of benzene rings is 2. The van der Waals surface area contributed by atoms with Gasteiger partial charge in [0.15, 0.2) is 17.6 Å². The van der Waals surface area contributed by atoms with Crippen LogP contribution in [0.2, 0.25) is 0 Å². The molecule has 0 saturated carbocycles. The van der Waals surface area contributed by atoms with Crippen LogP contribution in [0.5, 0.6) is 11.5 Å². The van der Waals surface area contributed by atoms with Crippen molar-refractivity contribution in [3.8, 4) is 17.6 Å². The normalized spacial score (nSPS) is 13.5. The zero-order valence-corrected chi connectivity index (χ0v) is 14.4. The fraction of sp³-hybridized carbons (Fsp3) is 0.176. The Balaban J connectivity index is 1.82. The topological polar surface area (TPSA) is 115 Å². The van der Waals surface area contributed by atoms with E-state index in [9.17, 15) is 13.2 Å². The molecule has 26 heavy (non-hydrogen) atoms. The highest BCUT2D eigenvalue weighted by Crippen LogP contribution is 2.34. The van der Waals surface area contributed by atoms with Crippen LogP contribution < -0.4 is 14.2 Å². The number of ether oxygens (including phenoxy) is 3. The molecular formula is C17H14N2O6S. The number of nitriles is 1. The molecule has 2 aromatic rings. The second-order valence-corrected chi connectivity index (χ2v) is 7.06. The molecule has 0 saturated heterocycles. The molecule has 1 atom stereocenters. The fourth-order valence-corrected chi connectivity index (χ4v) is 3.31. The van der Waals surface area contributed by atoms with Gasteiger partial charge in [-0.2, -0.15) is 5.26 Å². The number of nitrogens with zero attached hydrogens (tertiary/aromatic N) is 1. The van der Waals surface area contributed by atoms with Crippen molar-refractivity contribution in [3.05, 3.63) is 48.0 Å². The predicted molar refractivity (Wildman–Crippen MR) is 90.3 cm³/mol. The number of nitrogens with one attached hydrogen (secondary N) is 1.